The Kier molecular flexibility index (Phi) is 3.54. The topological polar surface area (TPSA) is 35.2 Å². The molecule has 1 aromatic rings. The van der Waals surface area contributed by atoms with Crippen molar-refractivity contribution in [3.8, 4) is 0 Å². The molecule has 0 bridgehead atoms. The Bertz CT molecular complexity index is 475. The number of hydrogen-bond acceptors (Lipinski definition) is 2. The van der Waals surface area contributed by atoms with Crippen LogP contribution in [0.1, 0.15) is 43.7 Å². The third-order valence-corrected chi connectivity index (χ3v) is 4.94. The molecule has 0 radical (unpaired) electrons. The van der Waals surface area contributed by atoms with Crippen molar-refractivity contribution in [2.75, 3.05) is 6.61 Å². The summed E-state index contributed by atoms with van der Waals surface area (Å²) in [5.74, 6) is -0.0188. The molecule has 0 aromatic heterocycles. The Labute approximate surface area is 118 Å². The first-order valence-corrected chi connectivity index (χ1v) is 7.32. The number of benzene rings is 1. The number of rotatable bonds is 2. The zero-order valence-electron chi connectivity index (χ0n) is 10.9. The first-order valence-electron chi connectivity index (χ1n) is 6.94. The van der Waals surface area contributed by atoms with Gasteiger partial charge in [-0.05, 0) is 55.7 Å². The van der Waals surface area contributed by atoms with Crippen LogP contribution in [0.3, 0.4) is 0 Å². The van der Waals surface area contributed by atoms with E-state index in [9.17, 15) is 4.39 Å². The van der Waals surface area contributed by atoms with E-state index in [2.05, 4.69) is 0 Å². The van der Waals surface area contributed by atoms with Crippen LogP contribution < -0.4 is 5.73 Å². The maximum Gasteiger partial charge on any atom is 0.142 e. The van der Waals surface area contributed by atoms with Gasteiger partial charge in [-0.15, -0.1) is 0 Å². The van der Waals surface area contributed by atoms with Gasteiger partial charge in [0.2, 0.25) is 0 Å². The second-order valence-electron chi connectivity index (χ2n) is 5.84. The van der Waals surface area contributed by atoms with E-state index < -0.39 is 0 Å². The van der Waals surface area contributed by atoms with Crippen LogP contribution in [0.2, 0.25) is 5.02 Å². The predicted molar refractivity (Wildman–Crippen MR) is 73.6 cm³/mol. The first kappa shape index (κ1) is 13.3. The summed E-state index contributed by atoms with van der Waals surface area (Å²) in [5, 5.41) is 0.151. The average molecular weight is 284 g/mol. The van der Waals surface area contributed by atoms with Crippen LogP contribution in [0.5, 0.6) is 0 Å². The zero-order chi connectivity index (χ0) is 13.5. The SMILES string of the molecule is NC(c1ccc(Cl)c(F)c1)C1CCOC2(CCC2)C1. The molecule has 2 fully saturated rings. The van der Waals surface area contributed by atoms with Gasteiger partial charge in [0.25, 0.3) is 0 Å². The van der Waals surface area contributed by atoms with Crippen LogP contribution in [-0.4, -0.2) is 12.2 Å². The highest BCUT2D eigenvalue weighted by atomic mass is 35.5. The molecule has 1 aliphatic carbocycles. The number of hydrogen-bond donors (Lipinski definition) is 1. The van der Waals surface area contributed by atoms with Crippen molar-refractivity contribution in [3.63, 3.8) is 0 Å². The Morgan fingerprint density at radius 2 is 2.21 bits per heavy atom. The molecule has 1 saturated heterocycles. The summed E-state index contributed by atoms with van der Waals surface area (Å²) >= 11 is 5.71. The Morgan fingerprint density at radius 1 is 1.42 bits per heavy atom. The monoisotopic (exact) mass is 283 g/mol. The average Bonchev–Trinajstić information content (AvgIpc) is 2.39. The van der Waals surface area contributed by atoms with E-state index >= 15 is 0 Å². The molecule has 104 valence electrons. The molecule has 19 heavy (non-hydrogen) atoms. The summed E-state index contributed by atoms with van der Waals surface area (Å²) in [4.78, 5) is 0. The smallest absolute Gasteiger partial charge is 0.142 e. The lowest BCUT2D eigenvalue weighted by Crippen LogP contribution is -2.47. The number of nitrogens with two attached hydrogens (primary N) is 1. The molecule has 1 saturated carbocycles. The third kappa shape index (κ3) is 2.51. The second-order valence-corrected chi connectivity index (χ2v) is 6.24. The van der Waals surface area contributed by atoms with Gasteiger partial charge in [0.1, 0.15) is 5.82 Å². The van der Waals surface area contributed by atoms with Crippen LogP contribution in [0.25, 0.3) is 0 Å². The van der Waals surface area contributed by atoms with Crippen molar-refractivity contribution in [3.05, 3.63) is 34.6 Å². The fourth-order valence-electron chi connectivity index (χ4n) is 3.28. The predicted octanol–water partition coefficient (Wildman–Crippen LogP) is 3.83. The van der Waals surface area contributed by atoms with E-state index in [0.29, 0.717) is 5.92 Å². The standard InChI is InChI=1S/C15H19ClFNO/c16-12-3-2-10(8-13(12)17)14(18)11-4-7-19-15(9-11)5-1-6-15/h2-3,8,11,14H,1,4-7,9,18H2. The minimum absolute atomic E-state index is 0.0749. The lowest BCUT2D eigenvalue weighted by atomic mass is 9.70. The molecule has 3 rings (SSSR count). The second kappa shape index (κ2) is 5.04. The molecule has 1 aromatic carbocycles. The highest BCUT2D eigenvalue weighted by molar-refractivity contribution is 6.30. The molecule has 2 aliphatic rings. The fraction of sp³-hybridized carbons (Fsp3) is 0.600. The summed E-state index contributed by atoms with van der Waals surface area (Å²) in [6.45, 7) is 0.772. The van der Waals surface area contributed by atoms with Crippen molar-refractivity contribution in [2.45, 2.75) is 43.7 Å². The van der Waals surface area contributed by atoms with Crippen LogP contribution in [0.15, 0.2) is 18.2 Å². The molecule has 2 atom stereocenters. The van der Waals surface area contributed by atoms with Crippen LogP contribution >= 0.6 is 11.6 Å². The molecular weight excluding hydrogens is 265 g/mol. The minimum Gasteiger partial charge on any atom is -0.375 e. The van der Waals surface area contributed by atoms with E-state index in [1.807, 2.05) is 6.07 Å². The Balaban J connectivity index is 1.75. The zero-order valence-corrected chi connectivity index (χ0v) is 11.6. The molecule has 2 unspecified atom stereocenters. The van der Waals surface area contributed by atoms with Gasteiger partial charge in [-0.2, -0.15) is 0 Å². The summed E-state index contributed by atoms with van der Waals surface area (Å²) in [5.41, 5.74) is 7.23. The summed E-state index contributed by atoms with van der Waals surface area (Å²) in [6, 6.07) is 4.76. The number of halogens is 2. The molecule has 4 heteroatoms. The Hall–Kier alpha value is -0.640. The van der Waals surface area contributed by atoms with E-state index in [-0.39, 0.29) is 22.5 Å². The maximum absolute atomic E-state index is 13.5. The van der Waals surface area contributed by atoms with Crippen molar-refractivity contribution in [1.82, 2.24) is 0 Å². The first-order chi connectivity index (χ1) is 9.10. The van der Waals surface area contributed by atoms with Crippen molar-refractivity contribution < 1.29 is 9.13 Å². The van der Waals surface area contributed by atoms with Gasteiger partial charge in [0, 0.05) is 12.6 Å². The van der Waals surface area contributed by atoms with Gasteiger partial charge in [-0.25, -0.2) is 4.39 Å². The summed E-state index contributed by atoms with van der Waals surface area (Å²) in [7, 11) is 0. The molecule has 0 amide bonds. The highest BCUT2D eigenvalue weighted by Crippen LogP contribution is 2.46. The van der Waals surface area contributed by atoms with Crippen LogP contribution in [0, 0.1) is 11.7 Å². The fourth-order valence-corrected chi connectivity index (χ4v) is 3.40. The quantitative estimate of drug-likeness (QED) is 0.895. The molecular formula is C15H19ClFNO. The van der Waals surface area contributed by atoms with E-state index in [1.165, 1.54) is 12.5 Å². The summed E-state index contributed by atoms with van der Waals surface area (Å²) < 4.78 is 19.4. The van der Waals surface area contributed by atoms with Gasteiger partial charge in [-0.3, -0.25) is 0 Å². The van der Waals surface area contributed by atoms with Crippen molar-refractivity contribution in [2.24, 2.45) is 11.7 Å². The lowest BCUT2D eigenvalue weighted by molar-refractivity contribution is -0.146. The van der Waals surface area contributed by atoms with Crippen molar-refractivity contribution >= 4 is 11.6 Å². The molecule has 1 heterocycles. The third-order valence-electron chi connectivity index (χ3n) is 4.63. The molecule has 2 N–H and O–H groups in total. The molecule has 1 spiro atoms. The van der Waals surface area contributed by atoms with Gasteiger partial charge in [-0.1, -0.05) is 17.7 Å². The van der Waals surface area contributed by atoms with Gasteiger partial charge in [0.05, 0.1) is 10.6 Å². The van der Waals surface area contributed by atoms with Gasteiger partial charge >= 0.3 is 0 Å². The highest BCUT2D eigenvalue weighted by Gasteiger charge is 2.43. The maximum atomic E-state index is 13.5. The van der Waals surface area contributed by atoms with Crippen molar-refractivity contribution in [1.29, 1.82) is 0 Å². The Morgan fingerprint density at radius 3 is 2.84 bits per heavy atom. The van der Waals surface area contributed by atoms with Crippen LogP contribution in [-0.2, 0) is 4.74 Å². The minimum atomic E-state index is -0.389. The van der Waals surface area contributed by atoms with E-state index in [4.69, 9.17) is 22.1 Å². The molecule has 2 nitrogen and oxygen atoms in total. The van der Waals surface area contributed by atoms with E-state index in [0.717, 1.165) is 37.9 Å². The lowest BCUT2D eigenvalue weighted by Gasteiger charge is -2.48. The largest absolute Gasteiger partial charge is 0.375 e. The summed E-state index contributed by atoms with van der Waals surface area (Å²) in [6.07, 6.45) is 5.49. The number of ether oxygens (including phenoxy) is 1. The van der Waals surface area contributed by atoms with Gasteiger partial charge < -0.3 is 10.5 Å². The molecule has 1 aliphatic heterocycles. The van der Waals surface area contributed by atoms with Gasteiger partial charge in [0.15, 0.2) is 0 Å². The van der Waals surface area contributed by atoms with Crippen LogP contribution in [0.4, 0.5) is 4.39 Å². The van der Waals surface area contributed by atoms with E-state index in [1.54, 1.807) is 6.07 Å². The normalized spacial score (nSPS) is 27.0.